The summed E-state index contributed by atoms with van der Waals surface area (Å²) < 4.78 is 0. The van der Waals surface area contributed by atoms with E-state index in [1.54, 1.807) is 0 Å². The molecule has 0 N–H and O–H groups in total. The van der Waals surface area contributed by atoms with Crippen LogP contribution < -0.4 is 0 Å². The van der Waals surface area contributed by atoms with Crippen molar-refractivity contribution in [2.75, 3.05) is 0 Å². The van der Waals surface area contributed by atoms with Gasteiger partial charge in [-0.25, -0.2) is 0 Å². The summed E-state index contributed by atoms with van der Waals surface area (Å²) in [4.78, 5) is 0. The van der Waals surface area contributed by atoms with Gasteiger partial charge in [0.05, 0.1) is 0 Å². The van der Waals surface area contributed by atoms with Crippen LogP contribution >= 0.6 is 0 Å². The first-order chi connectivity index (χ1) is 5.57. The predicted molar refractivity (Wildman–Crippen MR) is 59.7 cm³/mol. The summed E-state index contributed by atoms with van der Waals surface area (Å²) in [5, 5.41) is 0. The van der Waals surface area contributed by atoms with Crippen LogP contribution in [0.2, 0.25) is 0 Å². The fourth-order valence-corrected chi connectivity index (χ4v) is 1.45. The first-order valence-electron chi connectivity index (χ1n) is 4.35. The zero-order valence-electron chi connectivity index (χ0n) is 9.99. The molecule has 0 spiro atoms. The van der Waals surface area contributed by atoms with Crippen molar-refractivity contribution < 1.29 is 32.7 Å². The van der Waals surface area contributed by atoms with E-state index in [0.29, 0.717) is 0 Å². The van der Waals surface area contributed by atoms with Crippen LogP contribution in [-0.4, -0.2) is 0 Å². The summed E-state index contributed by atoms with van der Waals surface area (Å²) in [6.07, 6.45) is 0.841. The van der Waals surface area contributed by atoms with Gasteiger partial charge in [-0.15, -0.1) is 0 Å². The van der Waals surface area contributed by atoms with Crippen molar-refractivity contribution >= 4 is 0 Å². The minimum absolute atomic E-state index is 0. The van der Waals surface area contributed by atoms with Gasteiger partial charge in [0.25, 0.3) is 0 Å². The van der Waals surface area contributed by atoms with E-state index in [9.17, 15) is 0 Å². The SMILES string of the molecule is [CH2-]Cc1[c-]c(C)c(C)c(C)c1C.[CH3-].[Y+3]. The zero-order valence-corrected chi connectivity index (χ0v) is 12.8. The maximum atomic E-state index is 3.90. The average Bonchev–Trinajstić information content (AvgIpc) is 2.08. The molecule has 0 saturated carbocycles. The number of rotatable bonds is 1. The smallest absolute Gasteiger partial charge is 0.358 e. The zero-order chi connectivity index (χ0) is 9.30. The molecule has 0 amide bonds. The molecule has 0 nitrogen and oxygen atoms in total. The van der Waals surface area contributed by atoms with Gasteiger partial charge >= 0.3 is 32.7 Å². The molecule has 1 rings (SSSR count). The van der Waals surface area contributed by atoms with Crippen LogP contribution in [0.5, 0.6) is 0 Å². The molecule has 74 valence electrons. The Morgan fingerprint density at radius 1 is 1.00 bits per heavy atom. The third-order valence-corrected chi connectivity index (χ3v) is 2.73. The molecule has 0 saturated heterocycles. The van der Waals surface area contributed by atoms with Gasteiger partial charge in [0.2, 0.25) is 0 Å². The van der Waals surface area contributed by atoms with Crippen LogP contribution in [0.15, 0.2) is 0 Å². The Morgan fingerprint density at radius 3 is 1.93 bits per heavy atom. The first-order valence-corrected chi connectivity index (χ1v) is 4.35. The topological polar surface area (TPSA) is 0 Å². The van der Waals surface area contributed by atoms with E-state index < -0.39 is 0 Å². The van der Waals surface area contributed by atoms with E-state index in [2.05, 4.69) is 40.7 Å². The molecule has 1 aromatic carbocycles. The number of aryl methyl sites for hydroxylation is 1. The molecular weight excluding hydrogens is 245 g/mol. The molecule has 0 unspecified atom stereocenters. The van der Waals surface area contributed by atoms with Crippen molar-refractivity contribution in [3.8, 4) is 0 Å². The maximum absolute atomic E-state index is 3.90. The van der Waals surface area contributed by atoms with E-state index in [4.69, 9.17) is 0 Å². The van der Waals surface area contributed by atoms with Crippen molar-refractivity contribution in [3.63, 3.8) is 0 Å². The van der Waals surface area contributed by atoms with E-state index in [0.717, 1.165) is 6.42 Å². The Hall–Kier alpha value is 0.324. The summed E-state index contributed by atoms with van der Waals surface area (Å²) in [5.74, 6) is 0. The van der Waals surface area contributed by atoms with Crippen molar-refractivity contribution in [1.82, 2.24) is 0 Å². The second-order valence-electron chi connectivity index (χ2n) is 3.35. The third-order valence-electron chi connectivity index (χ3n) is 2.73. The molecular formula is C13H19Y. The minimum Gasteiger partial charge on any atom is -0.358 e. The quantitative estimate of drug-likeness (QED) is 0.680. The van der Waals surface area contributed by atoms with E-state index >= 15 is 0 Å². The van der Waals surface area contributed by atoms with E-state index in [-0.39, 0.29) is 40.1 Å². The van der Waals surface area contributed by atoms with Crippen LogP contribution in [0, 0.1) is 48.1 Å². The Labute approximate surface area is 114 Å². The van der Waals surface area contributed by atoms with Crippen LogP contribution in [0.25, 0.3) is 0 Å². The molecule has 0 bridgehead atoms. The average molecular weight is 264 g/mol. The Balaban J connectivity index is 0. The van der Waals surface area contributed by atoms with Crippen LogP contribution in [0.3, 0.4) is 0 Å². The monoisotopic (exact) mass is 264 g/mol. The molecule has 0 aromatic heterocycles. The molecule has 0 fully saturated rings. The molecule has 0 aliphatic heterocycles. The van der Waals surface area contributed by atoms with E-state index in [1.807, 2.05) is 0 Å². The molecule has 0 heterocycles. The number of hydrogen-bond donors (Lipinski definition) is 0. The number of benzene rings is 1. The van der Waals surface area contributed by atoms with Crippen LogP contribution in [-0.2, 0) is 39.1 Å². The van der Waals surface area contributed by atoms with Gasteiger partial charge < -0.3 is 14.4 Å². The van der Waals surface area contributed by atoms with Crippen LogP contribution in [0.4, 0.5) is 0 Å². The Morgan fingerprint density at radius 2 is 1.50 bits per heavy atom. The largest absolute Gasteiger partial charge is 3.00 e. The summed E-state index contributed by atoms with van der Waals surface area (Å²) in [7, 11) is 0. The second kappa shape index (κ2) is 6.74. The predicted octanol–water partition coefficient (Wildman–Crippen LogP) is 3.54. The summed E-state index contributed by atoms with van der Waals surface area (Å²) >= 11 is 0. The summed E-state index contributed by atoms with van der Waals surface area (Å²) in [6, 6.07) is 3.37. The molecule has 0 atom stereocenters. The normalized spacial score (nSPS) is 8.93. The molecule has 0 aliphatic rings. The minimum atomic E-state index is 0. The van der Waals surface area contributed by atoms with Crippen molar-refractivity contribution in [1.29, 1.82) is 0 Å². The molecule has 1 aromatic rings. The van der Waals surface area contributed by atoms with Crippen molar-refractivity contribution in [2.45, 2.75) is 34.1 Å². The Bertz CT molecular complexity index is 301. The standard InChI is InChI=1S/C12H16.CH3.Y/c1-6-12-7-8(2)9(3)10(4)11(12)5;;/h1,6H2,2-5H3;1H3;/q-2;-1;+3. The molecule has 1 heteroatoms. The fourth-order valence-electron chi connectivity index (χ4n) is 1.45. The third kappa shape index (κ3) is 3.17. The molecule has 14 heavy (non-hydrogen) atoms. The summed E-state index contributed by atoms with van der Waals surface area (Å²) in [6.45, 7) is 12.5. The Kier molecular flexibility index (Phi) is 8.06. The van der Waals surface area contributed by atoms with Crippen LogP contribution in [0.1, 0.15) is 27.8 Å². The van der Waals surface area contributed by atoms with Gasteiger partial charge in [-0.05, 0) is 0 Å². The number of hydrogen-bond acceptors (Lipinski definition) is 0. The van der Waals surface area contributed by atoms with Crippen molar-refractivity contribution in [3.05, 3.63) is 48.2 Å². The van der Waals surface area contributed by atoms with Gasteiger partial charge in [-0.2, -0.15) is 40.3 Å². The van der Waals surface area contributed by atoms with Gasteiger partial charge in [-0.3, -0.25) is 0 Å². The van der Waals surface area contributed by atoms with Gasteiger partial charge in [0.15, 0.2) is 0 Å². The van der Waals surface area contributed by atoms with Gasteiger partial charge in [0, 0.05) is 0 Å². The van der Waals surface area contributed by atoms with E-state index in [1.165, 1.54) is 27.8 Å². The second-order valence-corrected chi connectivity index (χ2v) is 3.35. The molecule has 0 radical (unpaired) electrons. The van der Waals surface area contributed by atoms with Gasteiger partial charge in [-0.1, -0.05) is 27.7 Å². The van der Waals surface area contributed by atoms with Gasteiger partial charge in [0.1, 0.15) is 0 Å². The maximum Gasteiger partial charge on any atom is 3.00 e. The summed E-state index contributed by atoms with van der Waals surface area (Å²) in [5.41, 5.74) is 6.63. The van der Waals surface area contributed by atoms with Crippen molar-refractivity contribution in [2.24, 2.45) is 0 Å². The first kappa shape index (κ1) is 16.7. The fraction of sp³-hybridized carbons (Fsp3) is 0.385. The molecule has 0 aliphatic carbocycles.